The van der Waals surface area contributed by atoms with Crippen LogP contribution in [-0.4, -0.2) is 4.98 Å². The molecule has 0 fully saturated rings. The van der Waals surface area contributed by atoms with Crippen LogP contribution < -0.4 is 15.9 Å². The number of fused-ring (bicyclic) bond motifs is 10. The molecule has 0 amide bonds. The van der Waals surface area contributed by atoms with Gasteiger partial charge in [-0.1, -0.05) is 164 Å². The first-order valence-electron chi connectivity index (χ1n) is 15.6. The minimum Gasteiger partial charge on any atom is -0.309 e. The Morgan fingerprint density at radius 1 is 0.391 bits per heavy atom. The fraction of sp³-hybridized carbons (Fsp3) is 0. The molecule has 8 aromatic carbocycles. The molecule has 0 bridgehead atoms. The fourth-order valence-electron chi connectivity index (χ4n) is 7.19. The molecule has 2 nitrogen and oxygen atoms in total. The van der Waals surface area contributed by atoms with Gasteiger partial charge in [-0.05, 0) is 33.0 Å². The highest BCUT2D eigenvalue weighted by atomic mass is 31.2. The second-order valence-corrected chi connectivity index (χ2v) is 14.6. The molecular formula is C43H28NOP. The normalized spacial score (nSPS) is 12.0. The second-order valence-electron chi connectivity index (χ2n) is 11.8. The Morgan fingerprint density at radius 2 is 0.935 bits per heavy atom. The van der Waals surface area contributed by atoms with Crippen LogP contribution in [0.4, 0.5) is 0 Å². The summed E-state index contributed by atoms with van der Waals surface area (Å²) in [4.78, 5) is 5.54. The average Bonchev–Trinajstić information content (AvgIpc) is 3.14. The van der Waals surface area contributed by atoms with Gasteiger partial charge in [-0.2, -0.15) is 0 Å². The van der Waals surface area contributed by atoms with Gasteiger partial charge in [0.2, 0.25) is 0 Å². The Bertz CT molecular complexity index is 2610. The van der Waals surface area contributed by atoms with E-state index in [-0.39, 0.29) is 0 Å². The molecule has 46 heavy (non-hydrogen) atoms. The summed E-state index contributed by atoms with van der Waals surface area (Å²) in [5.74, 6) is 0. The average molecular weight is 606 g/mol. The lowest BCUT2D eigenvalue weighted by Gasteiger charge is -2.21. The van der Waals surface area contributed by atoms with Crippen LogP contribution in [0.3, 0.4) is 0 Å². The molecule has 216 valence electrons. The zero-order chi connectivity index (χ0) is 30.7. The highest BCUT2D eigenvalue weighted by Crippen LogP contribution is 2.45. The van der Waals surface area contributed by atoms with E-state index in [4.69, 9.17) is 4.98 Å². The van der Waals surface area contributed by atoms with E-state index in [2.05, 4.69) is 97.1 Å². The predicted molar refractivity (Wildman–Crippen MR) is 197 cm³/mol. The van der Waals surface area contributed by atoms with Gasteiger partial charge in [0.25, 0.3) is 0 Å². The molecule has 0 saturated heterocycles. The highest BCUT2D eigenvalue weighted by molar-refractivity contribution is 7.85. The highest BCUT2D eigenvalue weighted by Gasteiger charge is 2.30. The number of nitrogens with zero attached hydrogens (tertiary/aromatic N) is 1. The first-order chi connectivity index (χ1) is 22.7. The number of aromatic nitrogens is 1. The van der Waals surface area contributed by atoms with E-state index >= 15 is 4.57 Å². The summed E-state index contributed by atoms with van der Waals surface area (Å²) in [6.45, 7) is 0. The molecule has 9 aromatic rings. The van der Waals surface area contributed by atoms with E-state index in [0.29, 0.717) is 0 Å². The molecule has 0 saturated carbocycles. The first-order valence-corrected chi connectivity index (χ1v) is 17.3. The van der Waals surface area contributed by atoms with Gasteiger partial charge in [-0.3, -0.25) is 0 Å². The Hall–Kier alpha value is -5.56. The van der Waals surface area contributed by atoms with Gasteiger partial charge in [0, 0.05) is 43.0 Å². The van der Waals surface area contributed by atoms with Crippen molar-refractivity contribution < 1.29 is 4.57 Å². The zero-order valence-corrected chi connectivity index (χ0v) is 25.9. The summed E-state index contributed by atoms with van der Waals surface area (Å²) in [5.41, 5.74) is 2.82. The topological polar surface area (TPSA) is 30.0 Å². The van der Waals surface area contributed by atoms with E-state index < -0.39 is 7.14 Å². The molecule has 1 heterocycles. The Balaban J connectivity index is 1.42. The second kappa shape index (κ2) is 10.5. The van der Waals surface area contributed by atoms with Crippen LogP contribution in [-0.2, 0) is 4.57 Å². The van der Waals surface area contributed by atoms with Gasteiger partial charge in [-0.15, -0.1) is 0 Å². The van der Waals surface area contributed by atoms with Gasteiger partial charge in [0.05, 0.1) is 11.2 Å². The number of rotatable bonds is 4. The minimum absolute atomic E-state index is 0.793. The van der Waals surface area contributed by atoms with Crippen LogP contribution in [0.2, 0.25) is 0 Å². The van der Waals surface area contributed by atoms with E-state index in [1.165, 1.54) is 37.7 Å². The zero-order valence-electron chi connectivity index (χ0n) is 25.0. The van der Waals surface area contributed by atoms with Gasteiger partial charge in [0.15, 0.2) is 7.14 Å². The monoisotopic (exact) mass is 605 g/mol. The van der Waals surface area contributed by atoms with Crippen molar-refractivity contribution in [2.75, 3.05) is 0 Å². The molecule has 0 unspecified atom stereocenters. The third-order valence-electron chi connectivity index (χ3n) is 9.29. The van der Waals surface area contributed by atoms with Crippen LogP contribution >= 0.6 is 7.14 Å². The van der Waals surface area contributed by atoms with Crippen molar-refractivity contribution in [3.8, 4) is 11.3 Å². The van der Waals surface area contributed by atoms with Gasteiger partial charge in [-0.25, -0.2) is 4.98 Å². The number of hydrogen-bond donors (Lipinski definition) is 0. The maximum atomic E-state index is 15.4. The van der Waals surface area contributed by atoms with E-state index in [0.717, 1.165) is 43.5 Å². The minimum atomic E-state index is -3.17. The standard InChI is InChI=1S/C43H28NOP/c45-46(31-16-3-1-4-17-31,32-18-5-2-6-19-32)33-20-13-15-30(28-33)42-39-27-26-29-14-7-8-21-34(29)40(39)41-37-24-11-9-22-35(37)36-23-10-12-25-38(36)43(41)44-42/h1-28H. The number of pyridine rings is 1. The molecule has 1 aromatic heterocycles. The molecule has 0 N–H and O–H groups in total. The van der Waals surface area contributed by atoms with Crippen molar-refractivity contribution in [1.82, 2.24) is 4.98 Å². The Labute approximate surface area is 267 Å². The Morgan fingerprint density at radius 3 is 1.63 bits per heavy atom. The van der Waals surface area contributed by atoms with Crippen LogP contribution in [0, 0.1) is 0 Å². The van der Waals surface area contributed by atoms with Crippen molar-refractivity contribution in [1.29, 1.82) is 0 Å². The van der Waals surface area contributed by atoms with Gasteiger partial charge in [0.1, 0.15) is 0 Å². The molecule has 0 spiro atoms. The Kier molecular flexibility index (Phi) is 6.13. The lowest BCUT2D eigenvalue weighted by atomic mass is 9.90. The molecule has 3 heteroatoms. The summed E-state index contributed by atoms with van der Waals surface area (Å²) in [6, 6.07) is 58.3. The largest absolute Gasteiger partial charge is 0.309 e. The van der Waals surface area contributed by atoms with Crippen molar-refractivity contribution >= 4 is 77.0 Å². The lowest BCUT2D eigenvalue weighted by molar-refractivity contribution is 0.592. The van der Waals surface area contributed by atoms with Crippen molar-refractivity contribution in [2.24, 2.45) is 0 Å². The molecule has 0 radical (unpaired) electrons. The summed E-state index contributed by atoms with van der Waals surface area (Å²) in [5, 5.41) is 13.0. The van der Waals surface area contributed by atoms with Gasteiger partial charge < -0.3 is 4.57 Å². The molecular weight excluding hydrogens is 577 g/mol. The quantitative estimate of drug-likeness (QED) is 0.148. The summed E-state index contributed by atoms with van der Waals surface area (Å²) < 4.78 is 15.4. The maximum absolute atomic E-state index is 15.4. The molecule has 0 aliphatic rings. The maximum Gasteiger partial charge on any atom is 0.171 e. The molecule has 0 aliphatic carbocycles. The van der Waals surface area contributed by atoms with Gasteiger partial charge >= 0.3 is 0 Å². The lowest BCUT2D eigenvalue weighted by Crippen LogP contribution is -2.25. The molecule has 0 atom stereocenters. The summed E-state index contributed by atoms with van der Waals surface area (Å²) in [7, 11) is -3.17. The fourth-order valence-corrected chi connectivity index (χ4v) is 9.89. The van der Waals surface area contributed by atoms with E-state index in [9.17, 15) is 0 Å². The summed E-state index contributed by atoms with van der Waals surface area (Å²) >= 11 is 0. The van der Waals surface area contributed by atoms with Crippen LogP contribution in [0.15, 0.2) is 170 Å². The van der Waals surface area contributed by atoms with Crippen LogP contribution in [0.25, 0.3) is 65.3 Å². The number of hydrogen-bond acceptors (Lipinski definition) is 2. The SMILES string of the molecule is O=P(c1ccccc1)(c1ccccc1)c1cccc(-c2nc3c4ccccc4c4ccccc4c3c3c2ccc2ccccc23)c1. The molecule has 9 rings (SSSR count). The van der Waals surface area contributed by atoms with E-state index in [1.807, 2.05) is 72.8 Å². The summed E-state index contributed by atoms with van der Waals surface area (Å²) in [6.07, 6.45) is 0. The predicted octanol–water partition coefficient (Wildman–Crippen LogP) is 10.2. The van der Waals surface area contributed by atoms with Crippen molar-refractivity contribution in [3.05, 3.63) is 170 Å². The van der Waals surface area contributed by atoms with Crippen LogP contribution in [0.5, 0.6) is 0 Å². The van der Waals surface area contributed by atoms with Crippen molar-refractivity contribution in [3.63, 3.8) is 0 Å². The third-order valence-corrected chi connectivity index (χ3v) is 12.3. The molecule has 0 aliphatic heterocycles. The third kappa shape index (κ3) is 3.97. The smallest absolute Gasteiger partial charge is 0.171 e. The first kappa shape index (κ1) is 26.8. The van der Waals surface area contributed by atoms with Crippen LogP contribution in [0.1, 0.15) is 0 Å². The number of benzene rings is 8. The van der Waals surface area contributed by atoms with Crippen molar-refractivity contribution in [2.45, 2.75) is 0 Å². The van der Waals surface area contributed by atoms with E-state index in [1.54, 1.807) is 0 Å².